The topological polar surface area (TPSA) is 114 Å². The third kappa shape index (κ3) is 5.88. The van der Waals surface area contributed by atoms with Gasteiger partial charge in [-0.05, 0) is 37.0 Å². The lowest BCUT2D eigenvalue weighted by molar-refractivity contribution is -0.116. The number of hydrogen-bond donors (Lipinski definition) is 4. The van der Waals surface area contributed by atoms with Gasteiger partial charge in [-0.15, -0.1) is 0 Å². The van der Waals surface area contributed by atoms with Crippen molar-refractivity contribution < 1.29 is 19.4 Å². The number of carboxylic acid groups (broad SMARTS) is 1. The molecule has 5 N–H and O–H groups in total. The van der Waals surface area contributed by atoms with Crippen LogP contribution in [0.5, 0.6) is 0 Å². The van der Waals surface area contributed by atoms with Crippen molar-refractivity contribution >= 4 is 17.7 Å². The Morgan fingerprint density at radius 1 is 1.35 bits per heavy atom. The number of nitrogens with two attached hydrogens (primary N) is 1. The zero-order chi connectivity index (χ0) is 16.7. The van der Waals surface area contributed by atoms with Gasteiger partial charge in [0.2, 0.25) is 5.91 Å². The molecule has 0 unspecified atom stereocenters. The summed E-state index contributed by atoms with van der Waals surface area (Å²) in [4.78, 5) is 22.0. The van der Waals surface area contributed by atoms with E-state index in [-0.39, 0.29) is 31.0 Å². The number of hydrogen-bond acceptors (Lipinski definition) is 4. The van der Waals surface area contributed by atoms with E-state index in [0.29, 0.717) is 12.3 Å². The molecule has 0 saturated heterocycles. The fourth-order valence-electron chi connectivity index (χ4n) is 2.61. The van der Waals surface area contributed by atoms with Crippen LogP contribution in [0.25, 0.3) is 0 Å². The molecule has 1 saturated carbocycles. The zero-order valence-corrected chi connectivity index (χ0v) is 13.0. The summed E-state index contributed by atoms with van der Waals surface area (Å²) in [6, 6.07) is 7.52. The molecule has 2 amide bonds. The molecule has 7 nitrogen and oxygen atoms in total. The summed E-state index contributed by atoms with van der Waals surface area (Å²) < 4.78 is 5.84. The van der Waals surface area contributed by atoms with Gasteiger partial charge >= 0.3 is 6.09 Å². The van der Waals surface area contributed by atoms with Gasteiger partial charge in [-0.2, -0.15) is 0 Å². The molecule has 7 heteroatoms. The monoisotopic (exact) mass is 321 g/mol. The van der Waals surface area contributed by atoms with Crippen molar-refractivity contribution in [1.29, 1.82) is 0 Å². The number of anilines is 1. The van der Waals surface area contributed by atoms with Crippen LogP contribution in [0, 0.1) is 0 Å². The van der Waals surface area contributed by atoms with Crippen LogP contribution in [-0.4, -0.2) is 35.8 Å². The molecule has 0 bridgehead atoms. The third-order valence-corrected chi connectivity index (χ3v) is 3.81. The minimum absolute atomic E-state index is 0.0868. The summed E-state index contributed by atoms with van der Waals surface area (Å²) in [5.74, 6) is -0.241. The molecule has 0 aliphatic heterocycles. The van der Waals surface area contributed by atoms with Crippen LogP contribution in [0.3, 0.4) is 0 Å². The first-order chi connectivity index (χ1) is 11.0. The number of rotatable bonds is 7. The van der Waals surface area contributed by atoms with Crippen LogP contribution in [-0.2, 0) is 16.1 Å². The average molecular weight is 321 g/mol. The summed E-state index contributed by atoms with van der Waals surface area (Å²) >= 11 is 0. The number of benzene rings is 1. The lowest BCUT2D eigenvalue weighted by atomic mass is 10.2. The summed E-state index contributed by atoms with van der Waals surface area (Å²) in [5.41, 5.74) is 7.61. The fraction of sp³-hybridized carbons (Fsp3) is 0.500. The molecule has 0 heterocycles. The normalized spacial score (nSPS) is 20.2. The molecule has 0 radical (unpaired) electrons. The van der Waals surface area contributed by atoms with E-state index < -0.39 is 6.09 Å². The molecule has 2 atom stereocenters. The minimum atomic E-state index is -1.14. The number of nitrogens with one attached hydrogen (secondary N) is 2. The van der Waals surface area contributed by atoms with E-state index in [1.165, 1.54) is 0 Å². The van der Waals surface area contributed by atoms with Gasteiger partial charge in [0.05, 0.1) is 12.7 Å². The van der Waals surface area contributed by atoms with Crippen LogP contribution in [0.4, 0.5) is 10.5 Å². The van der Waals surface area contributed by atoms with Crippen LogP contribution < -0.4 is 16.4 Å². The zero-order valence-electron chi connectivity index (χ0n) is 13.0. The van der Waals surface area contributed by atoms with E-state index in [9.17, 15) is 9.59 Å². The predicted octanol–water partition coefficient (Wildman–Crippen LogP) is 1.68. The van der Waals surface area contributed by atoms with E-state index in [0.717, 1.165) is 24.8 Å². The van der Waals surface area contributed by atoms with Gasteiger partial charge in [-0.3, -0.25) is 4.79 Å². The maximum Gasteiger partial charge on any atom is 0.404 e. The van der Waals surface area contributed by atoms with E-state index in [4.69, 9.17) is 15.6 Å². The standard InChI is InChI=1S/C16H23N3O4/c17-13-5-2-6-14(13)23-10-11-3-1-4-12(9-11)19-15(20)7-8-18-16(21)22/h1,3-4,9,13-14,18H,2,5-8,10,17H2,(H,19,20)(H,21,22)/t13-,14-/m0/s1. The Morgan fingerprint density at radius 2 is 2.17 bits per heavy atom. The second kappa shape index (κ2) is 8.50. The van der Waals surface area contributed by atoms with Crippen molar-refractivity contribution in [3.8, 4) is 0 Å². The molecule has 23 heavy (non-hydrogen) atoms. The van der Waals surface area contributed by atoms with Crippen molar-refractivity contribution in [1.82, 2.24) is 5.32 Å². The largest absolute Gasteiger partial charge is 0.465 e. The maximum atomic E-state index is 11.7. The Morgan fingerprint density at radius 3 is 2.87 bits per heavy atom. The van der Waals surface area contributed by atoms with Crippen molar-refractivity contribution in [2.75, 3.05) is 11.9 Å². The maximum absolute atomic E-state index is 11.7. The first kappa shape index (κ1) is 17.2. The summed E-state index contributed by atoms with van der Waals surface area (Å²) in [6.07, 6.45) is 2.16. The highest BCUT2D eigenvalue weighted by atomic mass is 16.5. The molecular weight excluding hydrogens is 298 g/mol. The molecule has 1 aromatic carbocycles. The first-order valence-corrected chi connectivity index (χ1v) is 7.77. The van der Waals surface area contributed by atoms with Gasteiger partial charge in [0.15, 0.2) is 0 Å². The van der Waals surface area contributed by atoms with Crippen LogP contribution >= 0.6 is 0 Å². The molecule has 2 rings (SSSR count). The Kier molecular flexibility index (Phi) is 6.37. The second-order valence-electron chi connectivity index (χ2n) is 5.67. The lowest BCUT2D eigenvalue weighted by Crippen LogP contribution is -2.31. The predicted molar refractivity (Wildman–Crippen MR) is 86.1 cm³/mol. The molecule has 1 fully saturated rings. The minimum Gasteiger partial charge on any atom is -0.465 e. The SMILES string of the molecule is N[C@H]1CCC[C@@H]1OCc1cccc(NC(=O)CCNC(=O)O)c1. The highest BCUT2D eigenvalue weighted by molar-refractivity contribution is 5.91. The lowest BCUT2D eigenvalue weighted by Gasteiger charge is -2.16. The van der Waals surface area contributed by atoms with Gasteiger partial charge in [0.1, 0.15) is 0 Å². The van der Waals surface area contributed by atoms with Crippen molar-refractivity contribution in [3.05, 3.63) is 29.8 Å². The fourth-order valence-corrected chi connectivity index (χ4v) is 2.61. The highest BCUT2D eigenvalue weighted by Gasteiger charge is 2.24. The van der Waals surface area contributed by atoms with Gasteiger partial charge in [0.25, 0.3) is 0 Å². The summed E-state index contributed by atoms with van der Waals surface area (Å²) in [7, 11) is 0. The Hall–Kier alpha value is -2.12. The number of carbonyl (C=O) groups excluding carboxylic acids is 1. The van der Waals surface area contributed by atoms with Crippen LogP contribution in [0.2, 0.25) is 0 Å². The summed E-state index contributed by atoms with van der Waals surface area (Å²) in [6.45, 7) is 0.548. The Labute approximate surface area is 135 Å². The van der Waals surface area contributed by atoms with Crippen molar-refractivity contribution in [3.63, 3.8) is 0 Å². The first-order valence-electron chi connectivity index (χ1n) is 7.77. The summed E-state index contributed by atoms with van der Waals surface area (Å²) in [5, 5.41) is 13.3. The van der Waals surface area contributed by atoms with Crippen LogP contribution in [0.1, 0.15) is 31.2 Å². The molecule has 0 spiro atoms. The van der Waals surface area contributed by atoms with E-state index in [1.54, 1.807) is 6.07 Å². The molecular formula is C16H23N3O4. The Bertz CT molecular complexity index is 550. The highest BCUT2D eigenvalue weighted by Crippen LogP contribution is 2.22. The molecule has 1 aliphatic carbocycles. The van der Waals surface area contributed by atoms with Gasteiger partial charge in [0, 0.05) is 24.7 Å². The smallest absolute Gasteiger partial charge is 0.404 e. The molecule has 126 valence electrons. The van der Waals surface area contributed by atoms with Gasteiger partial charge in [-0.25, -0.2) is 4.79 Å². The van der Waals surface area contributed by atoms with Gasteiger partial charge in [-0.1, -0.05) is 12.1 Å². The third-order valence-electron chi connectivity index (χ3n) is 3.81. The number of amides is 2. The molecule has 1 aliphatic rings. The van der Waals surface area contributed by atoms with Gasteiger partial charge < -0.3 is 26.2 Å². The Balaban J connectivity index is 1.79. The van der Waals surface area contributed by atoms with Crippen molar-refractivity contribution in [2.45, 2.75) is 44.4 Å². The number of ether oxygens (including phenoxy) is 1. The van der Waals surface area contributed by atoms with E-state index in [2.05, 4.69) is 10.6 Å². The van der Waals surface area contributed by atoms with E-state index in [1.807, 2.05) is 18.2 Å². The molecule has 1 aromatic rings. The van der Waals surface area contributed by atoms with Crippen molar-refractivity contribution in [2.24, 2.45) is 5.73 Å². The molecule has 0 aromatic heterocycles. The number of carbonyl (C=O) groups is 2. The second-order valence-corrected chi connectivity index (χ2v) is 5.67. The van der Waals surface area contributed by atoms with E-state index >= 15 is 0 Å². The average Bonchev–Trinajstić information content (AvgIpc) is 2.90. The quantitative estimate of drug-likeness (QED) is 0.610. The van der Waals surface area contributed by atoms with Crippen LogP contribution in [0.15, 0.2) is 24.3 Å².